The molecule has 0 fully saturated rings. The molecule has 0 aliphatic heterocycles. The Kier molecular flexibility index (Phi) is 10.4. The number of hydrogen-bond donors (Lipinski definition) is 2. The number of carbonyl (C=O) groups excluding carboxylic acids is 1. The zero-order valence-corrected chi connectivity index (χ0v) is 20.3. The molecule has 0 aliphatic rings. The van der Waals surface area contributed by atoms with Crippen LogP contribution < -0.4 is 10.6 Å². The van der Waals surface area contributed by atoms with Gasteiger partial charge in [0.15, 0.2) is 5.96 Å². The molecule has 0 bridgehead atoms. The summed E-state index contributed by atoms with van der Waals surface area (Å²) < 4.78 is 0. The third-order valence-corrected chi connectivity index (χ3v) is 5.17. The van der Waals surface area contributed by atoms with E-state index in [0.717, 1.165) is 34.3 Å². The maximum absolute atomic E-state index is 12.1. The highest BCUT2D eigenvalue weighted by atomic mass is 127. The van der Waals surface area contributed by atoms with E-state index < -0.39 is 0 Å². The molecule has 2 N–H and O–H groups in total. The zero-order valence-electron chi connectivity index (χ0n) is 17.2. The molecule has 2 rings (SSSR count). The van der Waals surface area contributed by atoms with Gasteiger partial charge in [0.25, 0.3) is 0 Å². The molecule has 0 saturated heterocycles. The third kappa shape index (κ3) is 7.38. The number of aromatic nitrogens is 1. The molecule has 1 atom stereocenters. The molecule has 0 aliphatic carbocycles. The van der Waals surface area contributed by atoms with Crippen LogP contribution in [0.1, 0.15) is 36.5 Å². The Morgan fingerprint density at radius 2 is 2.14 bits per heavy atom. The maximum atomic E-state index is 12.1. The molecule has 154 valence electrons. The van der Waals surface area contributed by atoms with Crippen molar-refractivity contribution >= 4 is 52.9 Å². The lowest BCUT2D eigenvalue weighted by Gasteiger charge is -2.21. The normalized spacial score (nSPS) is 12.1. The predicted molar refractivity (Wildman–Crippen MR) is 128 cm³/mol. The van der Waals surface area contributed by atoms with Crippen LogP contribution in [0.2, 0.25) is 0 Å². The lowest BCUT2D eigenvalue weighted by atomic mass is 10.1. The number of amides is 1. The number of nitrogens with zero attached hydrogens (tertiary/aromatic N) is 3. The van der Waals surface area contributed by atoms with Crippen LogP contribution in [0, 0.1) is 12.8 Å². The van der Waals surface area contributed by atoms with Crippen LogP contribution in [-0.4, -0.2) is 35.8 Å². The van der Waals surface area contributed by atoms with Crippen molar-refractivity contribution in [1.82, 2.24) is 15.2 Å². The highest BCUT2D eigenvalue weighted by Crippen LogP contribution is 2.14. The van der Waals surface area contributed by atoms with Gasteiger partial charge >= 0.3 is 0 Å². The molecule has 0 saturated carbocycles. The second-order valence-electron chi connectivity index (χ2n) is 6.61. The van der Waals surface area contributed by atoms with Gasteiger partial charge in [-0.2, -0.15) is 0 Å². The Balaban J connectivity index is 0.00000392. The summed E-state index contributed by atoms with van der Waals surface area (Å²) in [7, 11) is 3.76. The summed E-state index contributed by atoms with van der Waals surface area (Å²) in [6.45, 7) is 7.29. The molecular weight excluding hydrogens is 485 g/mol. The number of halogens is 1. The minimum Gasteiger partial charge on any atom is -0.352 e. The third-order valence-electron chi connectivity index (χ3n) is 4.34. The van der Waals surface area contributed by atoms with E-state index in [0.29, 0.717) is 13.1 Å². The molecule has 0 radical (unpaired) electrons. The first kappa shape index (κ1) is 24.4. The van der Waals surface area contributed by atoms with E-state index in [9.17, 15) is 4.79 Å². The molecule has 1 heterocycles. The van der Waals surface area contributed by atoms with Gasteiger partial charge in [0.2, 0.25) is 5.91 Å². The van der Waals surface area contributed by atoms with Crippen LogP contribution in [0.25, 0.3) is 0 Å². The van der Waals surface area contributed by atoms with Crippen LogP contribution >= 0.6 is 35.3 Å². The Hall–Kier alpha value is -1.68. The monoisotopic (exact) mass is 515 g/mol. The van der Waals surface area contributed by atoms with Crippen molar-refractivity contribution in [2.75, 3.05) is 19.4 Å². The van der Waals surface area contributed by atoms with Gasteiger partial charge in [-0.05, 0) is 31.0 Å². The number of guanidine groups is 1. The molecule has 2 aromatic rings. The first-order chi connectivity index (χ1) is 12.9. The number of hydrogen-bond acceptors (Lipinski definition) is 4. The summed E-state index contributed by atoms with van der Waals surface area (Å²) >= 11 is 1.65. The zero-order chi connectivity index (χ0) is 19.8. The van der Waals surface area contributed by atoms with Crippen molar-refractivity contribution in [3.05, 3.63) is 45.9 Å². The summed E-state index contributed by atoms with van der Waals surface area (Å²) in [4.78, 5) is 23.0. The van der Waals surface area contributed by atoms with Gasteiger partial charge in [0.1, 0.15) is 0 Å². The van der Waals surface area contributed by atoms with Crippen LogP contribution in [0.15, 0.2) is 34.6 Å². The van der Waals surface area contributed by atoms with Crippen LogP contribution in [-0.2, 0) is 17.9 Å². The minimum absolute atomic E-state index is 0. The van der Waals surface area contributed by atoms with E-state index in [4.69, 9.17) is 0 Å². The number of anilines is 1. The van der Waals surface area contributed by atoms with E-state index in [-0.39, 0.29) is 35.8 Å². The minimum atomic E-state index is 0. The fourth-order valence-corrected chi connectivity index (χ4v) is 3.18. The molecule has 1 aromatic heterocycles. The predicted octanol–water partition coefficient (Wildman–Crippen LogP) is 4.26. The van der Waals surface area contributed by atoms with Crippen molar-refractivity contribution in [3.63, 3.8) is 0 Å². The van der Waals surface area contributed by atoms with Crippen molar-refractivity contribution in [2.45, 2.75) is 40.3 Å². The van der Waals surface area contributed by atoms with Gasteiger partial charge in [0.05, 0.1) is 17.2 Å². The average molecular weight is 515 g/mol. The number of aliphatic imine (C=N–C) groups is 1. The first-order valence-electron chi connectivity index (χ1n) is 9.15. The standard InChI is InChI=1S/C20H29N5OS.HI/c1-6-14(2)19(26)24-17-9-7-8-16(10-17)11-22-20(21-4)25(5)12-18-13-27-15(3)23-18;/h7-10,13-14H,6,11-12H2,1-5H3,(H,21,22)(H,24,26);1H. The highest BCUT2D eigenvalue weighted by Gasteiger charge is 2.11. The Labute approximate surface area is 188 Å². The number of carbonyl (C=O) groups is 1. The van der Waals surface area contributed by atoms with E-state index in [1.807, 2.05) is 57.0 Å². The summed E-state index contributed by atoms with van der Waals surface area (Å²) in [5, 5.41) is 9.48. The molecule has 1 aromatic carbocycles. The number of rotatable bonds is 7. The lowest BCUT2D eigenvalue weighted by molar-refractivity contribution is -0.119. The van der Waals surface area contributed by atoms with E-state index in [1.54, 1.807) is 18.4 Å². The summed E-state index contributed by atoms with van der Waals surface area (Å²) in [6.07, 6.45) is 0.828. The van der Waals surface area contributed by atoms with Crippen LogP contribution in [0.5, 0.6) is 0 Å². The van der Waals surface area contributed by atoms with E-state index in [2.05, 4.69) is 26.0 Å². The van der Waals surface area contributed by atoms with E-state index in [1.165, 1.54) is 0 Å². The van der Waals surface area contributed by atoms with Gasteiger partial charge in [-0.15, -0.1) is 35.3 Å². The van der Waals surface area contributed by atoms with Crippen molar-refractivity contribution < 1.29 is 4.79 Å². The summed E-state index contributed by atoms with van der Waals surface area (Å²) in [5.74, 6) is 0.861. The van der Waals surface area contributed by atoms with Gasteiger partial charge in [-0.3, -0.25) is 9.79 Å². The average Bonchev–Trinajstić information content (AvgIpc) is 3.06. The number of benzene rings is 1. The second-order valence-corrected chi connectivity index (χ2v) is 7.68. The molecular formula is C20H30IN5OS. The molecule has 28 heavy (non-hydrogen) atoms. The van der Waals surface area contributed by atoms with Crippen molar-refractivity contribution in [2.24, 2.45) is 10.9 Å². The van der Waals surface area contributed by atoms with Crippen LogP contribution in [0.3, 0.4) is 0 Å². The van der Waals surface area contributed by atoms with Gasteiger partial charge in [0, 0.05) is 37.6 Å². The van der Waals surface area contributed by atoms with Crippen molar-refractivity contribution in [1.29, 1.82) is 0 Å². The number of nitrogens with one attached hydrogen (secondary N) is 2. The van der Waals surface area contributed by atoms with Crippen LogP contribution in [0.4, 0.5) is 5.69 Å². The molecule has 8 heteroatoms. The SMILES string of the molecule is CCC(C)C(=O)Nc1cccc(CNC(=NC)N(C)Cc2csc(C)n2)c1.I. The maximum Gasteiger partial charge on any atom is 0.227 e. The number of thiazole rings is 1. The fraction of sp³-hybridized carbons (Fsp3) is 0.450. The Morgan fingerprint density at radius 3 is 2.75 bits per heavy atom. The molecule has 1 unspecified atom stereocenters. The lowest BCUT2D eigenvalue weighted by Crippen LogP contribution is -2.38. The smallest absolute Gasteiger partial charge is 0.227 e. The van der Waals surface area contributed by atoms with Gasteiger partial charge in [-0.25, -0.2) is 4.98 Å². The molecule has 6 nitrogen and oxygen atoms in total. The van der Waals surface area contributed by atoms with Crippen molar-refractivity contribution in [3.8, 4) is 0 Å². The van der Waals surface area contributed by atoms with E-state index >= 15 is 0 Å². The highest BCUT2D eigenvalue weighted by molar-refractivity contribution is 14.0. The Bertz CT molecular complexity index is 792. The summed E-state index contributed by atoms with van der Waals surface area (Å²) in [6, 6.07) is 7.89. The fourth-order valence-electron chi connectivity index (χ4n) is 2.57. The topological polar surface area (TPSA) is 69.6 Å². The largest absolute Gasteiger partial charge is 0.352 e. The Morgan fingerprint density at radius 1 is 1.39 bits per heavy atom. The van der Waals surface area contributed by atoms with Gasteiger partial charge < -0.3 is 15.5 Å². The van der Waals surface area contributed by atoms with Gasteiger partial charge in [-0.1, -0.05) is 26.0 Å². The molecule has 0 spiro atoms. The first-order valence-corrected chi connectivity index (χ1v) is 10.0. The summed E-state index contributed by atoms with van der Waals surface area (Å²) in [5.41, 5.74) is 2.94. The second kappa shape index (κ2) is 12.0. The molecule has 1 amide bonds. The quantitative estimate of drug-likeness (QED) is 0.329. The number of aryl methyl sites for hydroxylation is 1.